The van der Waals surface area contributed by atoms with Crippen molar-refractivity contribution in [2.24, 2.45) is 5.10 Å². The monoisotopic (exact) mass is 471 g/mol. The van der Waals surface area contributed by atoms with Crippen LogP contribution in [-0.2, 0) is 6.61 Å². The number of aromatic nitrogens is 1. The zero-order chi connectivity index (χ0) is 24.8. The van der Waals surface area contributed by atoms with Gasteiger partial charge < -0.3 is 18.5 Å². The molecule has 2 aromatic carbocycles. The van der Waals surface area contributed by atoms with Crippen molar-refractivity contribution in [2.45, 2.75) is 40.4 Å². The number of nitrogens with one attached hydrogen (secondary N) is 1. The Balaban J connectivity index is 1.32. The second kappa shape index (κ2) is 10.8. The highest BCUT2D eigenvalue weighted by molar-refractivity contribution is 5.92. The van der Waals surface area contributed by atoms with E-state index >= 15 is 0 Å². The minimum absolute atomic E-state index is 0.0358. The van der Waals surface area contributed by atoms with Crippen LogP contribution in [0.5, 0.6) is 11.5 Å². The average Bonchev–Trinajstić information content (AvgIpc) is 3.45. The van der Waals surface area contributed by atoms with E-state index < -0.39 is 5.91 Å². The molecule has 0 atom stereocenters. The lowest BCUT2D eigenvalue weighted by Crippen LogP contribution is -2.17. The number of benzene rings is 2. The maximum Gasteiger partial charge on any atom is 0.307 e. The van der Waals surface area contributed by atoms with E-state index in [9.17, 15) is 4.79 Å². The highest BCUT2D eigenvalue weighted by Gasteiger charge is 2.11. The minimum Gasteiger partial charge on any atom is -0.490 e. The van der Waals surface area contributed by atoms with Gasteiger partial charge in [-0.3, -0.25) is 4.79 Å². The number of ether oxygens (including phenoxy) is 2. The normalized spacial score (nSPS) is 11.2. The SMILES string of the molecule is Cc1ccc(C)n1-c1ccc(OCc2ccc(C(=O)NN=Cc3ccccc3OC(C)C)o2)cc1. The number of para-hydroxylation sites is 1. The number of nitrogens with zero attached hydrogens (tertiary/aromatic N) is 2. The lowest BCUT2D eigenvalue weighted by molar-refractivity contribution is 0.0923. The largest absolute Gasteiger partial charge is 0.490 e. The molecule has 180 valence electrons. The highest BCUT2D eigenvalue weighted by Crippen LogP contribution is 2.21. The molecule has 0 spiro atoms. The molecule has 0 aliphatic carbocycles. The van der Waals surface area contributed by atoms with Gasteiger partial charge in [0.25, 0.3) is 0 Å². The van der Waals surface area contributed by atoms with Gasteiger partial charge >= 0.3 is 5.91 Å². The van der Waals surface area contributed by atoms with Gasteiger partial charge in [0.1, 0.15) is 23.9 Å². The second-order valence-electron chi connectivity index (χ2n) is 8.40. The first-order chi connectivity index (χ1) is 16.9. The Bertz CT molecular complexity index is 1300. The first-order valence-electron chi connectivity index (χ1n) is 11.5. The van der Waals surface area contributed by atoms with Gasteiger partial charge in [-0.15, -0.1) is 0 Å². The lowest BCUT2D eigenvalue weighted by atomic mass is 10.2. The van der Waals surface area contributed by atoms with E-state index in [2.05, 4.69) is 41.1 Å². The van der Waals surface area contributed by atoms with Crippen LogP contribution < -0.4 is 14.9 Å². The zero-order valence-electron chi connectivity index (χ0n) is 20.3. The Hall–Kier alpha value is -4.26. The number of aryl methyl sites for hydroxylation is 2. The van der Waals surface area contributed by atoms with Crippen LogP contribution in [0.1, 0.15) is 47.1 Å². The van der Waals surface area contributed by atoms with Crippen molar-refractivity contribution in [3.63, 3.8) is 0 Å². The summed E-state index contributed by atoms with van der Waals surface area (Å²) in [5, 5.41) is 4.03. The molecule has 35 heavy (non-hydrogen) atoms. The molecule has 0 saturated carbocycles. The maximum atomic E-state index is 12.4. The summed E-state index contributed by atoms with van der Waals surface area (Å²) in [5.74, 6) is 1.66. The molecule has 0 saturated heterocycles. The molecular weight excluding hydrogens is 442 g/mol. The predicted octanol–water partition coefficient (Wildman–Crippen LogP) is 5.82. The molecule has 0 bridgehead atoms. The summed E-state index contributed by atoms with van der Waals surface area (Å²) in [4.78, 5) is 12.4. The Morgan fingerprint density at radius 2 is 1.71 bits per heavy atom. The smallest absolute Gasteiger partial charge is 0.307 e. The van der Waals surface area contributed by atoms with Gasteiger partial charge in [0.2, 0.25) is 0 Å². The summed E-state index contributed by atoms with van der Waals surface area (Å²) in [6.07, 6.45) is 1.58. The summed E-state index contributed by atoms with van der Waals surface area (Å²) < 4.78 is 19.4. The summed E-state index contributed by atoms with van der Waals surface area (Å²) >= 11 is 0. The molecule has 0 fully saturated rings. The van der Waals surface area contributed by atoms with Crippen LogP contribution in [0, 0.1) is 13.8 Å². The van der Waals surface area contributed by atoms with E-state index in [1.54, 1.807) is 18.3 Å². The van der Waals surface area contributed by atoms with Crippen molar-refractivity contribution in [3.05, 3.63) is 101 Å². The molecule has 0 radical (unpaired) electrons. The maximum absolute atomic E-state index is 12.4. The van der Waals surface area contributed by atoms with Gasteiger partial charge in [0.15, 0.2) is 5.76 Å². The van der Waals surface area contributed by atoms with Crippen LogP contribution in [0.2, 0.25) is 0 Å². The number of hydrazone groups is 1. The van der Waals surface area contributed by atoms with Crippen LogP contribution in [0.3, 0.4) is 0 Å². The fourth-order valence-electron chi connectivity index (χ4n) is 3.66. The fourth-order valence-corrected chi connectivity index (χ4v) is 3.66. The van der Waals surface area contributed by atoms with Crippen molar-refractivity contribution in [1.29, 1.82) is 0 Å². The van der Waals surface area contributed by atoms with Crippen molar-refractivity contribution in [3.8, 4) is 17.2 Å². The molecule has 0 aliphatic rings. The van der Waals surface area contributed by atoms with Crippen LogP contribution in [0.25, 0.3) is 5.69 Å². The summed E-state index contributed by atoms with van der Waals surface area (Å²) in [5.41, 5.74) is 6.68. The summed E-state index contributed by atoms with van der Waals surface area (Å²) in [6.45, 7) is 8.27. The number of carbonyl (C=O) groups is 1. The first-order valence-corrected chi connectivity index (χ1v) is 11.5. The molecular formula is C28H29N3O4. The van der Waals surface area contributed by atoms with Crippen LogP contribution >= 0.6 is 0 Å². The van der Waals surface area contributed by atoms with Gasteiger partial charge in [-0.05, 0) is 88.4 Å². The van der Waals surface area contributed by atoms with Crippen LogP contribution in [0.4, 0.5) is 0 Å². The quantitative estimate of drug-likeness (QED) is 0.247. The molecule has 0 aliphatic heterocycles. The third-order valence-electron chi connectivity index (χ3n) is 5.28. The number of hydrogen-bond donors (Lipinski definition) is 1. The molecule has 7 heteroatoms. The van der Waals surface area contributed by atoms with Gasteiger partial charge in [-0.1, -0.05) is 12.1 Å². The summed E-state index contributed by atoms with van der Waals surface area (Å²) in [6, 6.07) is 22.8. The first kappa shape index (κ1) is 23.9. The van der Waals surface area contributed by atoms with E-state index in [4.69, 9.17) is 13.9 Å². The number of furan rings is 1. The highest BCUT2D eigenvalue weighted by atomic mass is 16.5. The molecule has 4 aromatic rings. The van der Waals surface area contributed by atoms with Crippen molar-refractivity contribution >= 4 is 12.1 Å². The Morgan fingerprint density at radius 3 is 2.43 bits per heavy atom. The van der Waals surface area contributed by atoms with E-state index in [1.807, 2.05) is 62.4 Å². The van der Waals surface area contributed by atoms with E-state index in [-0.39, 0.29) is 18.5 Å². The van der Waals surface area contributed by atoms with Crippen molar-refractivity contribution < 1.29 is 18.7 Å². The number of amides is 1. The Kier molecular flexibility index (Phi) is 7.35. The van der Waals surface area contributed by atoms with Crippen LogP contribution in [0.15, 0.2) is 82.3 Å². The van der Waals surface area contributed by atoms with Gasteiger partial charge in [0, 0.05) is 22.6 Å². The van der Waals surface area contributed by atoms with E-state index in [0.29, 0.717) is 17.3 Å². The molecule has 4 rings (SSSR count). The molecule has 0 unspecified atom stereocenters. The van der Waals surface area contributed by atoms with Gasteiger partial charge in [-0.25, -0.2) is 5.43 Å². The van der Waals surface area contributed by atoms with Crippen LogP contribution in [-0.4, -0.2) is 22.8 Å². The molecule has 7 nitrogen and oxygen atoms in total. The second-order valence-corrected chi connectivity index (χ2v) is 8.40. The van der Waals surface area contributed by atoms with E-state index in [1.165, 1.54) is 11.4 Å². The fraction of sp³-hybridized carbons (Fsp3) is 0.214. The van der Waals surface area contributed by atoms with E-state index in [0.717, 1.165) is 11.3 Å². The van der Waals surface area contributed by atoms with Gasteiger partial charge in [0.05, 0.1) is 12.3 Å². The number of carbonyl (C=O) groups excluding carboxylic acids is 1. The Morgan fingerprint density at radius 1 is 1.00 bits per heavy atom. The molecule has 1 N–H and O–H groups in total. The molecule has 1 amide bonds. The standard InChI is InChI=1S/C28H29N3O4/c1-19(2)34-26-8-6-5-7-22(26)17-29-30-28(32)27-16-15-25(35-27)18-33-24-13-11-23(12-14-24)31-20(3)9-10-21(31)4/h5-17,19H,18H2,1-4H3,(H,30,32). The number of rotatable bonds is 9. The number of hydrogen-bond acceptors (Lipinski definition) is 5. The van der Waals surface area contributed by atoms with Crippen molar-refractivity contribution in [1.82, 2.24) is 9.99 Å². The molecule has 2 heterocycles. The zero-order valence-corrected chi connectivity index (χ0v) is 20.3. The Labute approximate surface area is 205 Å². The third kappa shape index (κ3) is 6.00. The summed E-state index contributed by atoms with van der Waals surface area (Å²) in [7, 11) is 0. The lowest BCUT2D eigenvalue weighted by Gasteiger charge is -2.11. The van der Waals surface area contributed by atoms with Crippen molar-refractivity contribution in [2.75, 3.05) is 0 Å². The topological polar surface area (TPSA) is 78.0 Å². The van der Waals surface area contributed by atoms with Gasteiger partial charge in [-0.2, -0.15) is 5.10 Å². The average molecular weight is 472 g/mol. The minimum atomic E-state index is -0.448. The third-order valence-corrected chi connectivity index (χ3v) is 5.28. The molecule has 2 aromatic heterocycles. The predicted molar refractivity (Wildman–Crippen MR) is 136 cm³/mol.